The van der Waals surface area contributed by atoms with Crippen LogP contribution in [0.2, 0.25) is 0 Å². The number of nitrogens with two attached hydrogens (primary N) is 1. The van der Waals surface area contributed by atoms with E-state index in [1.807, 2.05) is 30.3 Å². The summed E-state index contributed by atoms with van der Waals surface area (Å²) in [5, 5.41) is 5.56. The van der Waals surface area contributed by atoms with Gasteiger partial charge in [-0.05, 0) is 36.2 Å². The predicted octanol–water partition coefficient (Wildman–Crippen LogP) is 2.30. The molecule has 24 heavy (non-hydrogen) atoms. The number of anilines is 1. The molecule has 0 saturated heterocycles. The molecular formula is C18H21N3O3. The summed E-state index contributed by atoms with van der Waals surface area (Å²) in [5.41, 5.74) is 6.88. The Morgan fingerprint density at radius 1 is 1.00 bits per heavy atom. The molecule has 0 unspecified atom stereocenters. The Kier molecular flexibility index (Phi) is 6.64. The Morgan fingerprint density at radius 3 is 2.38 bits per heavy atom. The number of hydrogen-bond acceptors (Lipinski definition) is 3. The number of amides is 3. The van der Waals surface area contributed by atoms with E-state index in [2.05, 4.69) is 10.6 Å². The first-order chi connectivity index (χ1) is 11.6. The molecule has 2 aromatic carbocycles. The normalized spacial score (nSPS) is 10.0. The Hall–Kier alpha value is -3.02. The lowest BCUT2D eigenvalue weighted by Gasteiger charge is -2.09. The van der Waals surface area contributed by atoms with Crippen LogP contribution in [0.1, 0.15) is 12.0 Å². The lowest BCUT2D eigenvalue weighted by atomic mass is 10.1. The monoisotopic (exact) mass is 327 g/mol. The van der Waals surface area contributed by atoms with Gasteiger partial charge in [-0.15, -0.1) is 0 Å². The predicted molar refractivity (Wildman–Crippen MR) is 92.9 cm³/mol. The van der Waals surface area contributed by atoms with E-state index in [1.54, 1.807) is 24.3 Å². The van der Waals surface area contributed by atoms with Crippen molar-refractivity contribution < 1.29 is 14.3 Å². The zero-order valence-corrected chi connectivity index (χ0v) is 13.3. The molecule has 4 N–H and O–H groups in total. The van der Waals surface area contributed by atoms with Crippen molar-refractivity contribution in [3.63, 3.8) is 0 Å². The number of nitrogens with one attached hydrogen (secondary N) is 2. The summed E-state index contributed by atoms with van der Waals surface area (Å²) in [5.74, 6) is 0.215. The fourth-order valence-corrected chi connectivity index (χ4v) is 2.04. The van der Waals surface area contributed by atoms with Crippen LogP contribution in [0.15, 0.2) is 54.6 Å². The number of primary amides is 1. The summed E-state index contributed by atoms with van der Waals surface area (Å²) in [6.45, 7) is 0.798. The van der Waals surface area contributed by atoms with E-state index in [1.165, 1.54) is 5.56 Å². The molecule has 0 aromatic heterocycles. The Balaban J connectivity index is 1.70. The molecule has 6 heteroatoms. The third kappa shape index (κ3) is 6.39. The van der Waals surface area contributed by atoms with Crippen molar-refractivity contribution in [3.05, 3.63) is 60.2 Å². The minimum atomic E-state index is -0.402. The first-order valence-corrected chi connectivity index (χ1v) is 7.73. The second kappa shape index (κ2) is 9.19. The molecule has 2 rings (SSSR count). The lowest BCUT2D eigenvalue weighted by Crippen LogP contribution is -2.30. The van der Waals surface area contributed by atoms with Crippen LogP contribution in [0.5, 0.6) is 5.75 Å². The van der Waals surface area contributed by atoms with Crippen molar-refractivity contribution in [1.29, 1.82) is 0 Å². The van der Waals surface area contributed by atoms with Gasteiger partial charge in [-0.2, -0.15) is 0 Å². The van der Waals surface area contributed by atoms with E-state index in [0.717, 1.165) is 6.42 Å². The molecule has 0 bridgehead atoms. The number of rotatable bonds is 8. The summed E-state index contributed by atoms with van der Waals surface area (Å²) in [7, 11) is 0. The number of hydrogen-bond donors (Lipinski definition) is 3. The summed E-state index contributed by atoms with van der Waals surface area (Å²) in [4.78, 5) is 22.5. The first-order valence-electron chi connectivity index (χ1n) is 7.73. The third-order valence-corrected chi connectivity index (χ3v) is 3.27. The van der Waals surface area contributed by atoms with Crippen LogP contribution < -0.4 is 21.1 Å². The van der Waals surface area contributed by atoms with Gasteiger partial charge in [0.15, 0.2) is 0 Å². The Bertz CT molecular complexity index is 657. The standard InChI is InChI=1S/C18H21N3O3/c19-17(22)11-13-24-16-8-6-15(7-9-16)21-18(23)20-12-10-14-4-2-1-3-5-14/h1-9H,10-13H2,(H2,19,22)(H2,20,21,23). The average Bonchev–Trinajstić information content (AvgIpc) is 2.57. The molecule has 0 spiro atoms. The molecule has 0 fully saturated rings. The zero-order chi connectivity index (χ0) is 17.2. The van der Waals surface area contributed by atoms with E-state index in [9.17, 15) is 9.59 Å². The van der Waals surface area contributed by atoms with Crippen molar-refractivity contribution in [2.24, 2.45) is 5.73 Å². The second-order valence-corrected chi connectivity index (χ2v) is 5.21. The number of carbonyl (C=O) groups is 2. The fourth-order valence-electron chi connectivity index (χ4n) is 2.04. The number of benzene rings is 2. The van der Waals surface area contributed by atoms with Crippen LogP contribution in [0, 0.1) is 0 Å². The smallest absolute Gasteiger partial charge is 0.319 e. The number of urea groups is 1. The van der Waals surface area contributed by atoms with Crippen molar-refractivity contribution in [2.45, 2.75) is 12.8 Å². The first kappa shape index (κ1) is 17.3. The zero-order valence-electron chi connectivity index (χ0n) is 13.3. The van der Waals surface area contributed by atoms with Crippen LogP contribution in [-0.2, 0) is 11.2 Å². The Morgan fingerprint density at radius 2 is 1.71 bits per heavy atom. The second-order valence-electron chi connectivity index (χ2n) is 5.21. The van der Waals surface area contributed by atoms with Crippen molar-refractivity contribution in [1.82, 2.24) is 5.32 Å². The highest BCUT2D eigenvalue weighted by atomic mass is 16.5. The molecule has 2 aromatic rings. The van der Waals surface area contributed by atoms with Gasteiger partial charge < -0.3 is 21.1 Å². The molecular weight excluding hydrogens is 306 g/mol. The van der Waals surface area contributed by atoms with E-state index in [-0.39, 0.29) is 19.1 Å². The maximum atomic E-state index is 11.8. The summed E-state index contributed by atoms with van der Waals surface area (Å²) < 4.78 is 5.36. The van der Waals surface area contributed by atoms with Crippen LogP contribution in [0.25, 0.3) is 0 Å². The fraction of sp³-hybridized carbons (Fsp3) is 0.222. The van der Waals surface area contributed by atoms with Crippen molar-refractivity contribution >= 4 is 17.6 Å². The van der Waals surface area contributed by atoms with Gasteiger partial charge in [-0.1, -0.05) is 30.3 Å². The van der Waals surface area contributed by atoms with E-state index in [0.29, 0.717) is 18.0 Å². The third-order valence-electron chi connectivity index (χ3n) is 3.27. The SMILES string of the molecule is NC(=O)CCOc1ccc(NC(=O)NCCc2ccccc2)cc1. The van der Waals surface area contributed by atoms with Crippen molar-refractivity contribution in [2.75, 3.05) is 18.5 Å². The average molecular weight is 327 g/mol. The van der Waals surface area contributed by atoms with Gasteiger partial charge in [0, 0.05) is 12.2 Å². The van der Waals surface area contributed by atoms with Crippen LogP contribution in [0.3, 0.4) is 0 Å². The molecule has 0 aliphatic rings. The van der Waals surface area contributed by atoms with Gasteiger partial charge in [0.1, 0.15) is 5.75 Å². The Labute approximate surface area is 141 Å². The van der Waals surface area contributed by atoms with Gasteiger partial charge in [-0.25, -0.2) is 4.79 Å². The highest BCUT2D eigenvalue weighted by Gasteiger charge is 2.02. The van der Waals surface area contributed by atoms with Gasteiger partial charge in [0.2, 0.25) is 5.91 Å². The van der Waals surface area contributed by atoms with Gasteiger partial charge >= 0.3 is 6.03 Å². The highest BCUT2D eigenvalue weighted by Crippen LogP contribution is 2.15. The molecule has 126 valence electrons. The molecule has 0 atom stereocenters. The van der Waals surface area contributed by atoms with Crippen LogP contribution in [0.4, 0.5) is 10.5 Å². The van der Waals surface area contributed by atoms with Gasteiger partial charge in [0.05, 0.1) is 13.0 Å². The van der Waals surface area contributed by atoms with E-state index < -0.39 is 5.91 Å². The van der Waals surface area contributed by atoms with Crippen molar-refractivity contribution in [3.8, 4) is 5.75 Å². The van der Waals surface area contributed by atoms with Gasteiger partial charge in [-0.3, -0.25) is 4.79 Å². The highest BCUT2D eigenvalue weighted by molar-refractivity contribution is 5.89. The largest absolute Gasteiger partial charge is 0.493 e. The van der Waals surface area contributed by atoms with E-state index >= 15 is 0 Å². The molecule has 6 nitrogen and oxygen atoms in total. The molecule has 0 heterocycles. The maximum Gasteiger partial charge on any atom is 0.319 e. The summed E-state index contributed by atoms with van der Waals surface area (Å²) >= 11 is 0. The van der Waals surface area contributed by atoms with Crippen LogP contribution >= 0.6 is 0 Å². The number of carbonyl (C=O) groups excluding carboxylic acids is 2. The van der Waals surface area contributed by atoms with Gasteiger partial charge in [0.25, 0.3) is 0 Å². The molecule has 3 amide bonds. The molecule has 0 radical (unpaired) electrons. The molecule has 0 aliphatic heterocycles. The maximum absolute atomic E-state index is 11.8. The van der Waals surface area contributed by atoms with Crippen LogP contribution in [-0.4, -0.2) is 25.1 Å². The quantitative estimate of drug-likeness (QED) is 0.694. The molecule has 0 aliphatic carbocycles. The lowest BCUT2D eigenvalue weighted by molar-refractivity contribution is -0.118. The topological polar surface area (TPSA) is 93.5 Å². The van der Waals surface area contributed by atoms with E-state index in [4.69, 9.17) is 10.5 Å². The molecule has 0 saturated carbocycles. The minimum Gasteiger partial charge on any atom is -0.493 e. The summed E-state index contributed by atoms with van der Waals surface area (Å²) in [6.07, 6.45) is 0.949. The minimum absolute atomic E-state index is 0.170. The summed E-state index contributed by atoms with van der Waals surface area (Å²) in [6, 6.07) is 16.6. The number of ether oxygens (including phenoxy) is 1.